The zero-order valence-electron chi connectivity index (χ0n) is 18.5. The number of aromatic hydroxyl groups is 1. The molecule has 0 saturated carbocycles. The summed E-state index contributed by atoms with van der Waals surface area (Å²) in [5, 5.41) is 9.91. The smallest absolute Gasteiger partial charge is 0.212 e. The van der Waals surface area contributed by atoms with Crippen molar-refractivity contribution < 1.29 is 18.3 Å². The van der Waals surface area contributed by atoms with Crippen LogP contribution >= 0.6 is 0 Å². The summed E-state index contributed by atoms with van der Waals surface area (Å²) in [5.74, 6) is 1.82. The highest BCUT2D eigenvalue weighted by molar-refractivity contribution is 7.88. The van der Waals surface area contributed by atoms with Gasteiger partial charge in [-0.1, -0.05) is 31.5 Å². The molecule has 2 aromatic rings. The van der Waals surface area contributed by atoms with Gasteiger partial charge in [-0.05, 0) is 60.2 Å². The summed E-state index contributed by atoms with van der Waals surface area (Å²) in [7, 11) is -3.44. The third kappa shape index (κ3) is 4.31. The number of nitrogens with zero attached hydrogens (tertiary/aromatic N) is 2. The van der Waals surface area contributed by atoms with Gasteiger partial charge in [0.25, 0.3) is 0 Å². The fourth-order valence-corrected chi connectivity index (χ4v) is 6.21. The first kappa shape index (κ1) is 22.1. The lowest BCUT2D eigenvalue weighted by atomic mass is 9.78. The van der Waals surface area contributed by atoms with Crippen molar-refractivity contribution in [3.8, 4) is 11.5 Å². The van der Waals surface area contributed by atoms with Crippen LogP contribution in [0.2, 0.25) is 0 Å². The minimum Gasteiger partial charge on any atom is -0.508 e. The summed E-state index contributed by atoms with van der Waals surface area (Å²) >= 11 is 0. The highest BCUT2D eigenvalue weighted by Crippen LogP contribution is 2.43. The van der Waals surface area contributed by atoms with Crippen LogP contribution in [0.15, 0.2) is 42.5 Å². The molecule has 0 amide bonds. The Morgan fingerprint density at radius 2 is 1.87 bits per heavy atom. The van der Waals surface area contributed by atoms with Crippen LogP contribution in [-0.2, 0) is 22.0 Å². The quantitative estimate of drug-likeness (QED) is 0.710. The number of phenols is 1. The number of phenolic OH excluding ortho intramolecular Hbond substituents is 1. The molecule has 1 fully saturated rings. The van der Waals surface area contributed by atoms with E-state index in [1.807, 2.05) is 37.3 Å². The maximum absolute atomic E-state index is 12.7. The Morgan fingerprint density at radius 1 is 1.16 bits per heavy atom. The van der Waals surface area contributed by atoms with E-state index in [0.29, 0.717) is 19.6 Å². The van der Waals surface area contributed by atoms with Gasteiger partial charge in [-0.25, -0.2) is 8.42 Å². The van der Waals surface area contributed by atoms with E-state index in [0.717, 1.165) is 48.0 Å². The van der Waals surface area contributed by atoms with Gasteiger partial charge in [-0.15, -0.1) is 0 Å². The van der Waals surface area contributed by atoms with Gasteiger partial charge in [-0.2, -0.15) is 4.31 Å². The van der Waals surface area contributed by atoms with Crippen molar-refractivity contribution in [2.45, 2.75) is 32.2 Å². The monoisotopic (exact) mass is 444 g/mol. The van der Waals surface area contributed by atoms with Gasteiger partial charge in [-0.3, -0.25) is 4.90 Å². The second kappa shape index (κ2) is 8.45. The largest absolute Gasteiger partial charge is 0.508 e. The molecule has 1 atom stereocenters. The van der Waals surface area contributed by atoms with Crippen molar-refractivity contribution in [1.29, 1.82) is 0 Å². The van der Waals surface area contributed by atoms with Crippen LogP contribution in [0, 0.1) is 5.92 Å². The Balaban J connectivity index is 1.55. The SMILES string of the molecule is CCC1CN(CCOc2ccc(C3(C)c4ccc(O)cc4CCN3S(C)(=O)=O)cc2)C1. The van der Waals surface area contributed by atoms with Crippen molar-refractivity contribution in [2.75, 3.05) is 39.0 Å². The average Bonchev–Trinajstić information content (AvgIpc) is 2.69. The predicted molar refractivity (Wildman–Crippen MR) is 122 cm³/mol. The zero-order valence-corrected chi connectivity index (χ0v) is 19.4. The van der Waals surface area contributed by atoms with Crippen LogP contribution in [0.4, 0.5) is 0 Å². The van der Waals surface area contributed by atoms with Gasteiger partial charge < -0.3 is 9.84 Å². The number of sulfonamides is 1. The Hall–Kier alpha value is -2.09. The summed E-state index contributed by atoms with van der Waals surface area (Å²) in [6.45, 7) is 8.44. The van der Waals surface area contributed by atoms with Gasteiger partial charge in [0.15, 0.2) is 0 Å². The van der Waals surface area contributed by atoms with Gasteiger partial charge in [0.2, 0.25) is 10.0 Å². The van der Waals surface area contributed by atoms with Crippen LogP contribution in [0.25, 0.3) is 0 Å². The highest BCUT2D eigenvalue weighted by atomic mass is 32.2. The van der Waals surface area contributed by atoms with E-state index in [2.05, 4.69) is 11.8 Å². The van der Waals surface area contributed by atoms with Crippen molar-refractivity contribution in [3.05, 3.63) is 59.2 Å². The molecule has 2 heterocycles. The van der Waals surface area contributed by atoms with Crippen LogP contribution in [0.3, 0.4) is 0 Å². The molecule has 1 saturated heterocycles. The van der Waals surface area contributed by atoms with Crippen molar-refractivity contribution in [2.24, 2.45) is 5.92 Å². The second-order valence-corrected chi connectivity index (χ2v) is 10.8. The number of likely N-dealkylation sites (tertiary alicyclic amines) is 1. The van der Waals surface area contributed by atoms with Crippen LogP contribution in [0.1, 0.15) is 37.0 Å². The number of benzene rings is 2. The molecule has 2 aromatic carbocycles. The van der Waals surface area contributed by atoms with Crippen LogP contribution in [-0.4, -0.2) is 61.8 Å². The summed E-state index contributed by atoms with van der Waals surface area (Å²) in [6.07, 6.45) is 3.07. The molecule has 31 heavy (non-hydrogen) atoms. The van der Waals surface area contributed by atoms with E-state index in [1.54, 1.807) is 16.4 Å². The third-order valence-electron chi connectivity index (χ3n) is 6.80. The Labute approximate surface area is 185 Å². The summed E-state index contributed by atoms with van der Waals surface area (Å²) in [6, 6.07) is 12.9. The number of rotatable bonds is 7. The molecule has 2 aliphatic heterocycles. The maximum Gasteiger partial charge on any atom is 0.212 e. The third-order valence-corrected chi connectivity index (χ3v) is 8.15. The lowest BCUT2D eigenvalue weighted by Crippen LogP contribution is -2.51. The van der Waals surface area contributed by atoms with E-state index in [-0.39, 0.29) is 5.75 Å². The molecule has 0 radical (unpaired) electrons. The summed E-state index contributed by atoms with van der Waals surface area (Å²) in [5.41, 5.74) is 1.91. The highest BCUT2D eigenvalue weighted by Gasteiger charge is 2.44. The molecule has 6 nitrogen and oxygen atoms in total. The van der Waals surface area contributed by atoms with Crippen molar-refractivity contribution in [3.63, 3.8) is 0 Å². The Bertz CT molecular complexity index is 1030. The first-order valence-corrected chi connectivity index (χ1v) is 12.8. The lowest BCUT2D eigenvalue weighted by Gasteiger charge is -2.45. The normalized spacial score (nSPS) is 22.7. The molecule has 0 aliphatic carbocycles. The molecule has 1 unspecified atom stereocenters. The lowest BCUT2D eigenvalue weighted by molar-refractivity contribution is 0.0806. The summed E-state index contributed by atoms with van der Waals surface area (Å²) in [4.78, 5) is 2.40. The molecule has 7 heteroatoms. The van der Waals surface area contributed by atoms with E-state index in [1.165, 1.54) is 12.7 Å². The molecule has 0 aromatic heterocycles. The fraction of sp³-hybridized carbons (Fsp3) is 0.500. The van der Waals surface area contributed by atoms with Gasteiger partial charge >= 0.3 is 0 Å². The molecule has 2 aliphatic rings. The van der Waals surface area contributed by atoms with Crippen molar-refractivity contribution >= 4 is 10.0 Å². The molecular formula is C24H32N2O4S. The van der Waals surface area contributed by atoms with E-state index in [4.69, 9.17) is 4.74 Å². The minimum atomic E-state index is -3.44. The molecule has 0 spiro atoms. The molecule has 4 rings (SSSR count). The average molecular weight is 445 g/mol. The van der Waals surface area contributed by atoms with Gasteiger partial charge in [0, 0.05) is 26.2 Å². The number of hydrogen-bond donors (Lipinski definition) is 1. The maximum atomic E-state index is 12.7. The summed E-state index contributed by atoms with van der Waals surface area (Å²) < 4.78 is 32.8. The van der Waals surface area contributed by atoms with Crippen molar-refractivity contribution in [1.82, 2.24) is 9.21 Å². The van der Waals surface area contributed by atoms with E-state index in [9.17, 15) is 13.5 Å². The van der Waals surface area contributed by atoms with Gasteiger partial charge in [0.1, 0.15) is 18.1 Å². The minimum absolute atomic E-state index is 0.199. The van der Waals surface area contributed by atoms with Crippen LogP contribution in [0.5, 0.6) is 11.5 Å². The molecule has 1 N–H and O–H groups in total. The molecule has 0 bridgehead atoms. The number of hydrogen-bond acceptors (Lipinski definition) is 5. The molecule has 168 valence electrons. The fourth-order valence-electron chi connectivity index (χ4n) is 4.92. The van der Waals surface area contributed by atoms with Crippen LogP contribution < -0.4 is 4.74 Å². The number of fused-ring (bicyclic) bond motifs is 1. The molecular weight excluding hydrogens is 412 g/mol. The standard InChI is InChI=1S/C24H32N2O4S/c1-4-18-16-25(17-18)13-14-30-22-8-5-20(6-9-22)24(2)23-10-7-21(27)15-19(23)11-12-26(24)31(3,28)29/h5-10,15,18,27H,4,11-14,16-17H2,1-3H3. The number of ether oxygens (including phenoxy) is 1. The topological polar surface area (TPSA) is 70.1 Å². The van der Waals surface area contributed by atoms with E-state index < -0.39 is 15.6 Å². The Kier molecular flexibility index (Phi) is 6.03. The second-order valence-electron chi connectivity index (χ2n) is 8.91. The zero-order chi connectivity index (χ0) is 22.2. The van der Waals surface area contributed by atoms with E-state index >= 15 is 0 Å². The Morgan fingerprint density at radius 3 is 2.52 bits per heavy atom. The predicted octanol–water partition coefficient (Wildman–Crippen LogP) is 3.19. The first-order chi connectivity index (χ1) is 14.7. The first-order valence-electron chi connectivity index (χ1n) is 11.0. The van der Waals surface area contributed by atoms with Gasteiger partial charge in [0.05, 0.1) is 11.8 Å².